The van der Waals surface area contributed by atoms with Crippen LogP contribution in [0.1, 0.15) is 0 Å². The molecule has 0 aliphatic rings. The molecule has 0 aliphatic carbocycles. The Labute approximate surface area is 75.5 Å². The van der Waals surface area contributed by atoms with E-state index in [0.717, 1.165) is 0 Å². The van der Waals surface area contributed by atoms with E-state index in [1.54, 1.807) is 0 Å². The fourth-order valence-corrected chi connectivity index (χ4v) is 0.334. The topological polar surface area (TPSA) is 84.9 Å². The first-order valence-corrected chi connectivity index (χ1v) is 3.14. The Morgan fingerprint density at radius 2 is 1.93 bits per heavy atom. The van der Waals surface area contributed by atoms with Crippen molar-refractivity contribution in [3.8, 4) is 0 Å². The van der Waals surface area contributed by atoms with Crippen molar-refractivity contribution in [2.75, 3.05) is 13.2 Å². The lowest BCUT2D eigenvalue weighted by atomic mass is 10.7. The van der Waals surface area contributed by atoms with Gasteiger partial charge in [0.15, 0.2) is 13.2 Å². The van der Waals surface area contributed by atoms with Crippen molar-refractivity contribution in [3.63, 3.8) is 0 Å². The van der Waals surface area contributed by atoms with E-state index < -0.39 is 31.5 Å². The van der Waals surface area contributed by atoms with E-state index in [-0.39, 0.29) is 0 Å². The number of hydrogen-bond donors (Lipinski definition) is 2. The molecule has 0 aliphatic heterocycles. The number of amides is 1. The van der Waals surface area contributed by atoms with Crippen molar-refractivity contribution in [1.82, 2.24) is 5.48 Å². The molecule has 82 valence electrons. The molecule has 0 aromatic rings. The van der Waals surface area contributed by atoms with Crippen LogP contribution in [0.25, 0.3) is 0 Å². The number of ether oxygens (including phenoxy) is 1. The van der Waals surface area contributed by atoms with Crippen molar-refractivity contribution in [2.24, 2.45) is 0 Å². The van der Waals surface area contributed by atoms with Crippen LogP contribution in [0.2, 0.25) is 0 Å². The van der Waals surface area contributed by atoms with E-state index >= 15 is 0 Å². The van der Waals surface area contributed by atoms with Gasteiger partial charge in [-0.3, -0.25) is 4.84 Å². The van der Waals surface area contributed by atoms with Crippen LogP contribution in [0.4, 0.5) is 18.0 Å². The number of nitrogens with one attached hydrogen (secondary N) is 1. The summed E-state index contributed by atoms with van der Waals surface area (Å²) in [7, 11) is 0. The summed E-state index contributed by atoms with van der Waals surface area (Å²) in [4.78, 5) is 24.1. The van der Waals surface area contributed by atoms with E-state index in [2.05, 4.69) is 9.57 Å². The van der Waals surface area contributed by atoms with Crippen LogP contribution in [-0.4, -0.2) is 36.6 Å². The molecule has 2 N–H and O–H groups in total. The molecule has 9 heteroatoms. The molecule has 0 radical (unpaired) electrons. The van der Waals surface area contributed by atoms with Gasteiger partial charge in [0.2, 0.25) is 0 Å². The lowest BCUT2D eigenvalue weighted by molar-refractivity contribution is -0.164. The third-order valence-electron chi connectivity index (χ3n) is 0.718. The average Bonchev–Trinajstić information content (AvgIpc) is 1.99. The van der Waals surface area contributed by atoms with Crippen molar-refractivity contribution < 1.29 is 37.4 Å². The zero-order valence-corrected chi connectivity index (χ0v) is 6.63. The standard InChI is InChI=1S/C5H6F3NO5/c6-5(7,8)2-13-4(12)9-14-1-3(10)11/h1-2H2,(H,9,12)(H,10,11). The minimum Gasteiger partial charge on any atom is -0.479 e. The molecule has 0 aromatic heterocycles. The SMILES string of the molecule is O=C(O)CONC(=O)OCC(F)(F)F. The number of carbonyl (C=O) groups excluding carboxylic acids is 1. The van der Waals surface area contributed by atoms with Gasteiger partial charge in [-0.1, -0.05) is 0 Å². The monoisotopic (exact) mass is 217 g/mol. The van der Waals surface area contributed by atoms with Gasteiger partial charge in [0, 0.05) is 0 Å². The third-order valence-corrected chi connectivity index (χ3v) is 0.718. The first-order valence-electron chi connectivity index (χ1n) is 3.14. The zero-order chi connectivity index (χ0) is 11.2. The second-order valence-corrected chi connectivity index (χ2v) is 1.98. The number of carboxylic acids is 1. The van der Waals surface area contributed by atoms with Gasteiger partial charge in [-0.2, -0.15) is 18.7 Å². The Balaban J connectivity index is 3.52. The molecule has 0 atom stereocenters. The molecule has 0 heterocycles. The van der Waals surface area contributed by atoms with E-state index in [9.17, 15) is 22.8 Å². The number of alkyl halides is 3. The summed E-state index contributed by atoms with van der Waals surface area (Å²) < 4.78 is 37.9. The number of halogens is 3. The van der Waals surface area contributed by atoms with Crippen LogP contribution >= 0.6 is 0 Å². The highest BCUT2D eigenvalue weighted by Gasteiger charge is 2.29. The molecule has 1 amide bonds. The highest BCUT2D eigenvalue weighted by molar-refractivity contribution is 5.69. The Morgan fingerprint density at radius 3 is 2.36 bits per heavy atom. The van der Waals surface area contributed by atoms with Gasteiger partial charge in [-0.15, -0.1) is 0 Å². The lowest BCUT2D eigenvalue weighted by Crippen LogP contribution is -2.30. The van der Waals surface area contributed by atoms with Crippen molar-refractivity contribution in [2.45, 2.75) is 6.18 Å². The minimum absolute atomic E-state index is 0.874. The predicted octanol–water partition coefficient (Wildman–Crippen LogP) is 0.291. The Bertz CT molecular complexity index is 216. The summed E-state index contributed by atoms with van der Waals surface area (Å²) in [5.41, 5.74) is 1.34. The van der Waals surface area contributed by atoms with Gasteiger partial charge >= 0.3 is 18.2 Å². The van der Waals surface area contributed by atoms with Crippen molar-refractivity contribution in [1.29, 1.82) is 0 Å². The second kappa shape index (κ2) is 5.27. The van der Waals surface area contributed by atoms with Crippen LogP contribution in [0.15, 0.2) is 0 Å². The number of carbonyl (C=O) groups is 2. The predicted molar refractivity (Wildman–Crippen MR) is 34.1 cm³/mol. The lowest BCUT2D eigenvalue weighted by Gasteiger charge is -2.07. The number of hydroxylamine groups is 1. The van der Waals surface area contributed by atoms with E-state index in [1.807, 2.05) is 0 Å². The smallest absolute Gasteiger partial charge is 0.431 e. The molecule has 0 bridgehead atoms. The van der Waals surface area contributed by atoms with Crippen molar-refractivity contribution in [3.05, 3.63) is 0 Å². The first-order chi connectivity index (χ1) is 6.31. The second-order valence-electron chi connectivity index (χ2n) is 1.98. The van der Waals surface area contributed by atoms with Gasteiger partial charge in [-0.25, -0.2) is 9.59 Å². The Hall–Kier alpha value is -1.51. The molecule has 6 nitrogen and oxygen atoms in total. The Kier molecular flexibility index (Phi) is 4.70. The molecule has 0 aromatic carbocycles. The van der Waals surface area contributed by atoms with E-state index in [1.165, 1.54) is 5.48 Å². The van der Waals surface area contributed by atoms with E-state index in [4.69, 9.17) is 5.11 Å². The maximum absolute atomic E-state index is 11.4. The molecule has 0 unspecified atom stereocenters. The minimum atomic E-state index is -4.63. The molecule has 0 rings (SSSR count). The van der Waals surface area contributed by atoms with Crippen LogP contribution < -0.4 is 5.48 Å². The fraction of sp³-hybridized carbons (Fsp3) is 0.600. The largest absolute Gasteiger partial charge is 0.479 e. The molecule has 0 saturated heterocycles. The third kappa shape index (κ3) is 8.59. The number of carboxylic acid groups (broad SMARTS) is 1. The Morgan fingerprint density at radius 1 is 1.36 bits per heavy atom. The van der Waals surface area contributed by atoms with E-state index in [0.29, 0.717) is 0 Å². The van der Waals surface area contributed by atoms with Gasteiger partial charge in [0.25, 0.3) is 0 Å². The zero-order valence-electron chi connectivity index (χ0n) is 6.63. The summed E-state index contributed by atoms with van der Waals surface area (Å²) in [6.45, 7) is -2.64. The summed E-state index contributed by atoms with van der Waals surface area (Å²) in [5, 5.41) is 7.99. The molecule has 0 saturated carbocycles. The molecule has 14 heavy (non-hydrogen) atoms. The quantitative estimate of drug-likeness (QED) is 0.661. The molecular weight excluding hydrogens is 211 g/mol. The normalized spacial score (nSPS) is 10.8. The van der Waals surface area contributed by atoms with Crippen LogP contribution in [-0.2, 0) is 14.4 Å². The maximum atomic E-state index is 11.4. The molecular formula is C5H6F3NO5. The number of hydrogen-bond acceptors (Lipinski definition) is 4. The van der Waals surface area contributed by atoms with Gasteiger partial charge in [0.1, 0.15) is 0 Å². The number of rotatable bonds is 4. The molecule has 0 fully saturated rings. The van der Waals surface area contributed by atoms with Crippen LogP contribution in [0.5, 0.6) is 0 Å². The average molecular weight is 217 g/mol. The summed E-state index contributed by atoms with van der Waals surface area (Å²) in [5.74, 6) is -1.39. The van der Waals surface area contributed by atoms with Gasteiger partial charge in [-0.05, 0) is 0 Å². The fourth-order valence-electron chi connectivity index (χ4n) is 0.334. The van der Waals surface area contributed by atoms with Crippen LogP contribution in [0.3, 0.4) is 0 Å². The maximum Gasteiger partial charge on any atom is 0.431 e. The highest BCUT2D eigenvalue weighted by Crippen LogP contribution is 2.14. The van der Waals surface area contributed by atoms with Crippen molar-refractivity contribution >= 4 is 12.1 Å². The van der Waals surface area contributed by atoms with Crippen LogP contribution in [0, 0.1) is 0 Å². The van der Waals surface area contributed by atoms with Gasteiger partial charge < -0.3 is 9.84 Å². The molecule has 0 spiro atoms. The summed E-state index contributed by atoms with van der Waals surface area (Å²) >= 11 is 0. The highest BCUT2D eigenvalue weighted by atomic mass is 19.4. The summed E-state index contributed by atoms with van der Waals surface area (Å²) in [6.07, 6.45) is -6.15. The summed E-state index contributed by atoms with van der Waals surface area (Å²) in [6, 6.07) is 0. The first kappa shape index (κ1) is 12.5. The van der Waals surface area contributed by atoms with Gasteiger partial charge in [0.05, 0.1) is 0 Å². The number of aliphatic carboxylic acids is 1.